The summed E-state index contributed by atoms with van der Waals surface area (Å²) in [6.07, 6.45) is 83.4. The van der Waals surface area contributed by atoms with E-state index in [4.69, 9.17) is 4.74 Å². The number of hydrogen-bond donors (Lipinski definition) is 3. The van der Waals surface area contributed by atoms with E-state index >= 15 is 0 Å². The number of carbonyl (C=O) groups excluding carboxylic acids is 2. The standard InChI is InChI=1S/C70H133NO5/c1-3-5-7-9-11-13-15-17-19-21-23-24-27-30-34-38-42-46-50-54-58-62-68(73)67(66-72)71-69(74)63-59-55-51-47-43-39-35-31-28-25-26-29-33-37-41-45-49-53-57-61-65-76-70(75)64-60-56-52-48-44-40-36-32-22-20-18-16-14-12-10-8-6-4-2/h20,22,25,28,58,62,67-68,72-73H,3-19,21,23-24,26-27,29-57,59-61,63-66H2,1-2H3,(H,71,74)/b22-20-,28-25-,62-58+. The molecule has 0 aliphatic rings. The van der Waals surface area contributed by atoms with Gasteiger partial charge < -0.3 is 20.3 Å². The number of hydrogen-bond acceptors (Lipinski definition) is 5. The predicted octanol–water partition coefficient (Wildman–Crippen LogP) is 21.9. The summed E-state index contributed by atoms with van der Waals surface area (Å²) in [7, 11) is 0. The van der Waals surface area contributed by atoms with Crippen LogP contribution in [0.5, 0.6) is 0 Å². The van der Waals surface area contributed by atoms with E-state index < -0.39 is 12.1 Å². The van der Waals surface area contributed by atoms with Gasteiger partial charge in [-0.1, -0.05) is 314 Å². The molecule has 2 atom stereocenters. The first-order valence-corrected chi connectivity index (χ1v) is 34.3. The van der Waals surface area contributed by atoms with Crippen LogP contribution in [0, 0.1) is 0 Å². The number of ether oxygens (including phenoxy) is 1. The maximum atomic E-state index is 12.5. The fourth-order valence-electron chi connectivity index (χ4n) is 10.6. The van der Waals surface area contributed by atoms with Gasteiger partial charge in [0.15, 0.2) is 0 Å². The summed E-state index contributed by atoms with van der Waals surface area (Å²) in [5.74, 6) is -0.0704. The molecule has 6 nitrogen and oxygen atoms in total. The van der Waals surface area contributed by atoms with Crippen LogP contribution in [0.15, 0.2) is 36.5 Å². The maximum Gasteiger partial charge on any atom is 0.305 e. The molecule has 0 saturated heterocycles. The lowest BCUT2D eigenvalue weighted by Crippen LogP contribution is -2.45. The number of aliphatic hydroxyl groups is 2. The molecule has 3 N–H and O–H groups in total. The minimum atomic E-state index is -0.852. The number of allylic oxidation sites excluding steroid dienone is 5. The first-order chi connectivity index (χ1) is 37.5. The number of amides is 1. The molecule has 448 valence electrons. The second-order valence-corrected chi connectivity index (χ2v) is 23.5. The summed E-state index contributed by atoms with van der Waals surface area (Å²) in [5.41, 5.74) is 0. The van der Waals surface area contributed by atoms with Crippen LogP contribution in [-0.2, 0) is 14.3 Å². The van der Waals surface area contributed by atoms with Crippen molar-refractivity contribution in [2.75, 3.05) is 13.2 Å². The highest BCUT2D eigenvalue weighted by Crippen LogP contribution is 2.18. The molecule has 0 aliphatic heterocycles. The highest BCUT2D eigenvalue weighted by atomic mass is 16.5. The molecular weight excluding hydrogens is 935 g/mol. The lowest BCUT2D eigenvalue weighted by molar-refractivity contribution is -0.143. The highest BCUT2D eigenvalue weighted by molar-refractivity contribution is 5.76. The maximum absolute atomic E-state index is 12.5. The molecule has 0 heterocycles. The molecule has 0 aromatic carbocycles. The number of aliphatic hydroxyl groups excluding tert-OH is 2. The fourth-order valence-corrected chi connectivity index (χ4v) is 10.6. The third kappa shape index (κ3) is 61.3. The van der Waals surface area contributed by atoms with Crippen LogP contribution in [0.2, 0.25) is 0 Å². The Kier molecular flexibility index (Phi) is 63.9. The van der Waals surface area contributed by atoms with Crippen LogP contribution in [0.25, 0.3) is 0 Å². The lowest BCUT2D eigenvalue weighted by Gasteiger charge is -2.20. The minimum Gasteiger partial charge on any atom is -0.466 e. The van der Waals surface area contributed by atoms with Gasteiger partial charge in [-0.25, -0.2) is 0 Å². The summed E-state index contributed by atoms with van der Waals surface area (Å²) >= 11 is 0. The Bertz CT molecular complexity index is 1230. The van der Waals surface area contributed by atoms with Crippen molar-refractivity contribution in [3.05, 3.63) is 36.5 Å². The minimum absolute atomic E-state index is 0.00318. The molecule has 0 aliphatic carbocycles. The van der Waals surface area contributed by atoms with Crippen LogP contribution in [0.3, 0.4) is 0 Å². The largest absolute Gasteiger partial charge is 0.466 e. The average Bonchev–Trinajstić information content (AvgIpc) is 3.42. The van der Waals surface area contributed by atoms with Gasteiger partial charge in [0.25, 0.3) is 0 Å². The van der Waals surface area contributed by atoms with Crippen molar-refractivity contribution in [2.45, 2.75) is 386 Å². The quantitative estimate of drug-likeness (QED) is 0.0320. The lowest BCUT2D eigenvalue weighted by atomic mass is 10.0. The average molecular weight is 1070 g/mol. The van der Waals surface area contributed by atoms with Gasteiger partial charge in [-0.2, -0.15) is 0 Å². The van der Waals surface area contributed by atoms with Crippen molar-refractivity contribution in [1.82, 2.24) is 5.32 Å². The van der Waals surface area contributed by atoms with Crippen LogP contribution >= 0.6 is 0 Å². The predicted molar refractivity (Wildman–Crippen MR) is 333 cm³/mol. The van der Waals surface area contributed by atoms with Gasteiger partial charge in [0, 0.05) is 12.8 Å². The van der Waals surface area contributed by atoms with E-state index in [-0.39, 0.29) is 18.5 Å². The number of nitrogens with one attached hydrogen (secondary N) is 1. The summed E-state index contributed by atoms with van der Waals surface area (Å²) in [4.78, 5) is 24.6. The van der Waals surface area contributed by atoms with Crippen molar-refractivity contribution in [3.8, 4) is 0 Å². The van der Waals surface area contributed by atoms with Crippen molar-refractivity contribution in [2.24, 2.45) is 0 Å². The van der Waals surface area contributed by atoms with E-state index in [1.807, 2.05) is 6.08 Å². The Balaban J connectivity index is 3.45. The van der Waals surface area contributed by atoms with E-state index in [9.17, 15) is 19.8 Å². The van der Waals surface area contributed by atoms with Crippen LogP contribution in [0.1, 0.15) is 373 Å². The Labute approximate surface area is 474 Å². The van der Waals surface area contributed by atoms with Crippen LogP contribution in [0.4, 0.5) is 0 Å². The normalized spacial score (nSPS) is 12.7. The van der Waals surface area contributed by atoms with Gasteiger partial charge in [-0.15, -0.1) is 0 Å². The SMILES string of the molecule is CCCCCCCCC/C=C\CCCCCCCCCC(=O)OCCCCCCCCCCC/C=C\CCCCCCCCCC(=O)NC(CO)C(O)/C=C/CCCCCCCCCCCCCCCCCCCCC. The summed E-state index contributed by atoms with van der Waals surface area (Å²) in [6.45, 7) is 4.92. The zero-order chi connectivity index (χ0) is 55.0. The molecule has 76 heavy (non-hydrogen) atoms. The topological polar surface area (TPSA) is 95.9 Å². The van der Waals surface area contributed by atoms with Gasteiger partial charge in [-0.05, 0) is 83.5 Å². The molecule has 2 unspecified atom stereocenters. The molecule has 0 bridgehead atoms. The Morgan fingerprint density at radius 1 is 0.355 bits per heavy atom. The fraction of sp³-hybridized carbons (Fsp3) is 0.886. The zero-order valence-electron chi connectivity index (χ0n) is 51.3. The van der Waals surface area contributed by atoms with Crippen molar-refractivity contribution in [3.63, 3.8) is 0 Å². The highest BCUT2D eigenvalue weighted by Gasteiger charge is 2.18. The monoisotopic (exact) mass is 1070 g/mol. The molecule has 1 amide bonds. The Hall–Kier alpha value is -1.92. The van der Waals surface area contributed by atoms with Gasteiger partial charge in [0.05, 0.1) is 25.4 Å². The van der Waals surface area contributed by atoms with Crippen LogP contribution in [-0.4, -0.2) is 47.4 Å². The van der Waals surface area contributed by atoms with E-state index in [2.05, 4.69) is 43.5 Å². The van der Waals surface area contributed by atoms with E-state index in [0.717, 1.165) is 51.4 Å². The van der Waals surface area contributed by atoms with E-state index in [1.165, 1.54) is 295 Å². The number of carbonyl (C=O) groups is 2. The molecular formula is C70H133NO5. The molecule has 6 heteroatoms. The van der Waals surface area contributed by atoms with Gasteiger partial charge in [0.1, 0.15) is 0 Å². The summed E-state index contributed by atoms with van der Waals surface area (Å²) in [6, 6.07) is -0.636. The van der Waals surface area contributed by atoms with E-state index in [0.29, 0.717) is 19.4 Å². The first kappa shape index (κ1) is 74.1. The van der Waals surface area contributed by atoms with Crippen molar-refractivity contribution >= 4 is 11.9 Å². The summed E-state index contributed by atoms with van der Waals surface area (Å²) in [5, 5.41) is 23.2. The molecule has 0 fully saturated rings. The molecule has 0 aromatic rings. The molecule has 0 rings (SSSR count). The third-order valence-electron chi connectivity index (χ3n) is 15.9. The number of rotatable bonds is 64. The van der Waals surface area contributed by atoms with Gasteiger partial charge in [0.2, 0.25) is 5.91 Å². The second kappa shape index (κ2) is 65.6. The zero-order valence-corrected chi connectivity index (χ0v) is 51.3. The summed E-state index contributed by atoms with van der Waals surface area (Å²) < 4.78 is 5.50. The third-order valence-corrected chi connectivity index (χ3v) is 15.9. The van der Waals surface area contributed by atoms with Crippen molar-refractivity contribution in [1.29, 1.82) is 0 Å². The molecule has 0 spiro atoms. The molecule has 0 radical (unpaired) electrons. The Morgan fingerprint density at radius 3 is 0.934 bits per heavy atom. The molecule has 0 aromatic heterocycles. The van der Waals surface area contributed by atoms with Gasteiger partial charge in [-0.3, -0.25) is 9.59 Å². The second-order valence-electron chi connectivity index (χ2n) is 23.5. The number of esters is 1. The number of unbranched alkanes of at least 4 members (excludes halogenated alkanes) is 49. The first-order valence-electron chi connectivity index (χ1n) is 34.3. The van der Waals surface area contributed by atoms with E-state index in [1.54, 1.807) is 6.08 Å². The Morgan fingerprint density at radius 2 is 0.618 bits per heavy atom. The molecule has 0 saturated carbocycles. The smallest absolute Gasteiger partial charge is 0.305 e. The van der Waals surface area contributed by atoms with Gasteiger partial charge >= 0.3 is 5.97 Å². The van der Waals surface area contributed by atoms with Crippen molar-refractivity contribution < 1.29 is 24.5 Å². The van der Waals surface area contributed by atoms with Crippen LogP contribution < -0.4 is 5.32 Å².